The van der Waals surface area contributed by atoms with E-state index >= 15 is 0 Å². The number of carbonyl (C=O) groups excluding carboxylic acids is 1. The van der Waals surface area contributed by atoms with Crippen LogP contribution in [0.15, 0.2) is 45.1 Å². The summed E-state index contributed by atoms with van der Waals surface area (Å²) < 4.78 is 39.8. The third-order valence-electron chi connectivity index (χ3n) is 4.53. The number of amides is 1. The zero-order chi connectivity index (χ0) is 24.3. The summed E-state index contributed by atoms with van der Waals surface area (Å²) in [5.74, 6) is 2.64. The van der Waals surface area contributed by atoms with Gasteiger partial charge in [0.25, 0.3) is 11.4 Å². The number of nitrogens with one attached hydrogen (secondary N) is 1. The molecule has 2 aromatic heterocycles. The third-order valence-corrected chi connectivity index (χ3v) is 5.46. The number of thioether (sulfide) groups is 1. The van der Waals surface area contributed by atoms with E-state index in [9.17, 15) is 27.6 Å². The Bertz CT molecular complexity index is 1270. The molecule has 0 spiro atoms. The predicted octanol–water partition coefficient (Wildman–Crippen LogP) is 0.636. The van der Waals surface area contributed by atoms with Gasteiger partial charge in [-0.05, 0) is 12.5 Å². The number of nitrogens with zero attached hydrogens (tertiary/aromatic N) is 5. The lowest BCUT2D eigenvalue weighted by Gasteiger charge is -2.23. The number of benzene rings is 1. The first-order valence-corrected chi connectivity index (χ1v) is 10.4. The van der Waals surface area contributed by atoms with Crippen LogP contribution >= 0.6 is 11.8 Å². The van der Waals surface area contributed by atoms with Crippen LogP contribution in [0.1, 0.15) is 18.3 Å². The molecule has 0 bridgehead atoms. The summed E-state index contributed by atoms with van der Waals surface area (Å²) in [7, 11) is 0. The van der Waals surface area contributed by atoms with Gasteiger partial charge in [0.15, 0.2) is 5.69 Å². The van der Waals surface area contributed by atoms with E-state index in [2.05, 4.69) is 15.2 Å². The van der Waals surface area contributed by atoms with Crippen LogP contribution in [-0.2, 0) is 17.5 Å². The van der Waals surface area contributed by atoms with Gasteiger partial charge in [0, 0.05) is 6.54 Å². The SMILES string of the molecule is CCN(C(=O)CSc1nnc(C(F)(F)F)n1N)c1c(N)n(Cc2ccccc2)c(=O)[nH]c1=O. The highest BCUT2D eigenvalue weighted by Crippen LogP contribution is 2.29. The van der Waals surface area contributed by atoms with Gasteiger partial charge < -0.3 is 16.5 Å². The number of rotatable bonds is 7. The van der Waals surface area contributed by atoms with Crippen LogP contribution in [0.5, 0.6) is 0 Å². The summed E-state index contributed by atoms with van der Waals surface area (Å²) in [4.78, 5) is 40.8. The summed E-state index contributed by atoms with van der Waals surface area (Å²) in [5, 5.41) is 5.98. The number of alkyl halides is 3. The quantitative estimate of drug-likeness (QED) is 0.326. The normalized spacial score (nSPS) is 11.5. The van der Waals surface area contributed by atoms with E-state index in [0.29, 0.717) is 11.8 Å². The van der Waals surface area contributed by atoms with Gasteiger partial charge in [0.05, 0.1) is 12.3 Å². The first-order chi connectivity index (χ1) is 15.5. The van der Waals surface area contributed by atoms with Crippen LogP contribution < -0.4 is 27.7 Å². The van der Waals surface area contributed by atoms with Crippen LogP contribution in [-0.4, -0.2) is 42.6 Å². The molecule has 0 aliphatic carbocycles. The molecule has 1 aromatic carbocycles. The van der Waals surface area contributed by atoms with Crippen molar-refractivity contribution in [3.8, 4) is 0 Å². The first kappa shape index (κ1) is 23.9. The molecule has 0 aliphatic rings. The monoisotopic (exact) mass is 484 g/mol. The molecule has 1 amide bonds. The third kappa shape index (κ3) is 5.02. The van der Waals surface area contributed by atoms with Crippen molar-refractivity contribution in [1.29, 1.82) is 0 Å². The molecular weight excluding hydrogens is 465 g/mol. The van der Waals surface area contributed by atoms with Crippen molar-refractivity contribution in [2.24, 2.45) is 0 Å². The number of anilines is 2. The molecule has 3 aromatic rings. The highest BCUT2D eigenvalue weighted by atomic mass is 32.2. The zero-order valence-corrected chi connectivity index (χ0v) is 18.0. The summed E-state index contributed by atoms with van der Waals surface area (Å²) in [6, 6.07) is 8.84. The van der Waals surface area contributed by atoms with Crippen molar-refractivity contribution in [2.75, 3.05) is 28.8 Å². The standard InChI is InChI=1S/C18H19F3N8O3S/c1-2-27(11(30)9-33-17-26-25-15(29(17)23)18(19,20)21)12-13(22)28(16(32)24-14(12)31)8-10-6-4-3-5-7-10/h3-7H,2,8-9,22-23H2,1H3,(H,24,31,32). The maximum absolute atomic E-state index is 12.8. The highest BCUT2D eigenvalue weighted by molar-refractivity contribution is 7.99. The van der Waals surface area contributed by atoms with Crippen molar-refractivity contribution in [3.63, 3.8) is 0 Å². The van der Waals surface area contributed by atoms with Gasteiger partial charge in [-0.1, -0.05) is 42.1 Å². The van der Waals surface area contributed by atoms with E-state index in [1.807, 2.05) is 0 Å². The predicted molar refractivity (Wildman–Crippen MR) is 115 cm³/mol. The smallest absolute Gasteiger partial charge is 0.383 e. The summed E-state index contributed by atoms with van der Waals surface area (Å²) in [6.07, 6.45) is -4.81. The van der Waals surface area contributed by atoms with Gasteiger partial charge in [-0.15, -0.1) is 10.2 Å². The summed E-state index contributed by atoms with van der Waals surface area (Å²) in [6.45, 7) is 1.62. The number of H-pyrrole nitrogens is 1. The highest BCUT2D eigenvalue weighted by Gasteiger charge is 2.38. The van der Waals surface area contributed by atoms with E-state index in [1.54, 1.807) is 37.3 Å². The van der Waals surface area contributed by atoms with Crippen LogP contribution in [0.25, 0.3) is 0 Å². The number of aromatic nitrogens is 5. The Hall–Kier alpha value is -3.75. The Balaban J connectivity index is 1.87. The number of hydrogen-bond donors (Lipinski definition) is 3. The van der Waals surface area contributed by atoms with Gasteiger partial charge in [-0.3, -0.25) is 19.1 Å². The number of carbonyl (C=O) groups is 1. The lowest BCUT2D eigenvalue weighted by atomic mass is 10.2. The second kappa shape index (κ2) is 9.40. The molecule has 15 heteroatoms. The lowest BCUT2D eigenvalue weighted by molar-refractivity contribution is -0.146. The second-order valence-electron chi connectivity index (χ2n) is 6.67. The molecule has 11 nitrogen and oxygen atoms in total. The number of halogens is 3. The first-order valence-electron chi connectivity index (χ1n) is 9.42. The van der Waals surface area contributed by atoms with E-state index in [-0.39, 0.29) is 34.4 Å². The fraction of sp³-hybridized carbons (Fsp3) is 0.278. The van der Waals surface area contributed by atoms with Gasteiger partial charge in [0.2, 0.25) is 11.1 Å². The van der Waals surface area contributed by atoms with E-state index in [0.717, 1.165) is 15.0 Å². The molecular formula is C18H19F3N8O3S. The fourth-order valence-corrected chi connectivity index (χ4v) is 3.73. The second-order valence-corrected chi connectivity index (χ2v) is 7.61. The molecule has 176 valence electrons. The Labute approximate surface area is 188 Å². The van der Waals surface area contributed by atoms with Gasteiger partial charge >= 0.3 is 11.9 Å². The van der Waals surface area contributed by atoms with E-state index in [1.165, 1.54) is 0 Å². The van der Waals surface area contributed by atoms with Crippen LogP contribution in [0.3, 0.4) is 0 Å². The lowest BCUT2D eigenvalue weighted by Crippen LogP contribution is -2.42. The van der Waals surface area contributed by atoms with Crippen molar-refractivity contribution < 1.29 is 18.0 Å². The van der Waals surface area contributed by atoms with Gasteiger partial charge in [-0.2, -0.15) is 13.2 Å². The number of aromatic amines is 1. The van der Waals surface area contributed by atoms with E-state index < -0.39 is 34.9 Å². The minimum Gasteiger partial charge on any atom is -0.383 e. The summed E-state index contributed by atoms with van der Waals surface area (Å²) >= 11 is 0.604. The van der Waals surface area contributed by atoms with Crippen molar-refractivity contribution in [3.05, 3.63) is 62.6 Å². The number of hydrogen-bond acceptors (Lipinski definition) is 8. The molecule has 33 heavy (non-hydrogen) atoms. The largest absolute Gasteiger partial charge is 0.453 e. The Morgan fingerprint density at radius 1 is 1.21 bits per heavy atom. The van der Waals surface area contributed by atoms with E-state index in [4.69, 9.17) is 11.6 Å². The molecule has 0 radical (unpaired) electrons. The van der Waals surface area contributed by atoms with Crippen molar-refractivity contribution >= 4 is 29.2 Å². The minimum atomic E-state index is -4.81. The average Bonchev–Trinajstić information content (AvgIpc) is 3.14. The number of nitrogen functional groups attached to an aromatic ring is 2. The molecule has 5 N–H and O–H groups in total. The van der Waals surface area contributed by atoms with Crippen molar-refractivity contribution in [2.45, 2.75) is 24.8 Å². The maximum Gasteiger partial charge on any atom is 0.453 e. The van der Waals surface area contributed by atoms with Crippen LogP contribution in [0.4, 0.5) is 24.7 Å². The molecule has 0 atom stereocenters. The maximum atomic E-state index is 12.8. The Morgan fingerprint density at radius 2 is 1.88 bits per heavy atom. The molecule has 3 rings (SSSR count). The minimum absolute atomic E-state index is 0.000664. The topological polar surface area (TPSA) is 158 Å². The van der Waals surface area contributed by atoms with Crippen LogP contribution in [0, 0.1) is 0 Å². The molecule has 0 fully saturated rings. The molecule has 0 unspecified atom stereocenters. The van der Waals surface area contributed by atoms with Gasteiger partial charge in [-0.25, -0.2) is 9.47 Å². The fourth-order valence-electron chi connectivity index (χ4n) is 2.99. The Morgan fingerprint density at radius 3 is 2.45 bits per heavy atom. The Kier molecular flexibility index (Phi) is 6.81. The number of nitrogens with two attached hydrogens (primary N) is 2. The molecule has 2 heterocycles. The van der Waals surface area contributed by atoms with Crippen molar-refractivity contribution in [1.82, 2.24) is 24.4 Å². The van der Waals surface area contributed by atoms with Gasteiger partial charge in [0.1, 0.15) is 5.82 Å². The zero-order valence-electron chi connectivity index (χ0n) is 17.2. The summed E-state index contributed by atoms with van der Waals surface area (Å²) in [5.41, 5.74) is 4.96. The van der Waals surface area contributed by atoms with Crippen LogP contribution in [0.2, 0.25) is 0 Å². The molecule has 0 aliphatic heterocycles. The molecule has 0 saturated carbocycles. The average molecular weight is 484 g/mol. The molecule has 0 saturated heterocycles.